The fourth-order valence-corrected chi connectivity index (χ4v) is 3.30. The maximum atomic E-state index is 12.6. The quantitative estimate of drug-likeness (QED) is 0.874. The third kappa shape index (κ3) is 4.65. The van der Waals surface area contributed by atoms with Crippen LogP contribution in [0.5, 0.6) is 0 Å². The molecule has 0 unspecified atom stereocenters. The lowest BCUT2D eigenvalue weighted by molar-refractivity contribution is 0.0660. The molecule has 1 aliphatic rings. The third-order valence-electron chi connectivity index (χ3n) is 4.86. The first-order chi connectivity index (χ1) is 11.7. The van der Waals surface area contributed by atoms with Crippen LogP contribution in [0.3, 0.4) is 0 Å². The zero-order valence-electron chi connectivity index (χ0n) is 15.0. The molecule has 136 valence electrons. The zero-order chi connectivity index (χ0) is 16.9. The highest BCUT2D eigenvalue weighted by Gasteiger charge is 2.25. The molecular weight excluding hydrogens is 336 g/mol. The summed E-state index contributed by atoms with van der Waals surface area (Å²) < 4.78 is 5.83. The summed E-state index contributed by atoms with van der Waals surface area (Å²) in [6.07, 6.45) is 3.13. The van der Waals surface area contributed by atoms with Crippen LogP contribution in [0.1, 0.15) is 35.9 Å². The fourth-order valence-electron chi connectivity index (χ4n) is 3.30. The van der Waals surface area contributed by atoms with E-state index in [1.54, 1.807) is 6.07 Å². The Labute approximate surface area is 156 Å². The van der Waals surface area contributed by atoms with Gasteiger partial charge in [-0.25, -0.2) is 0 Å². The van der Waals surface area contributed by atoms with Crippen molar-refractivity contribution in [2.75, 3.05) is 26.7 Å². The van der Waals surface area contributed by atoms with E-state index >= 15 is 0 Å². The predicted molar refractivity (Wildman–Crippen MR) is 103 cm³/mol. The Bertz CT molecular complexity index is 673. The van der Waals surface area contributed by atoms with Crippen molar-refractivity contribution in [2.45, 2.75) is 26.2 Å². The number of hydrogen-bond donors (Lipinski definition) is 1. The van der Waals surface area contributed by atoms with Crippen LogP contribution >= 0.6 is 12.4 Å². The van der Waals surface area contributed by atoms with E-state index in [0.717, 1.165) is 50.2 Å². The molecule has 0 radical (unpaired) electrons. The molecule has 3 rings (SSSR count). The SMILES string of the molecule is CCc1ccc(-c2ccc(C(=O)N3CCC(CNC)CC3)o2)cc1.Cl. The molecule has 0 spiro atoms. The molecular formula is C20H27ClN2O2. The number of amides is 1. The van der Waals surface area contributed by atoms with Gasteiger partial charge in [0, 0.05) is 18.7 Å². The van der Waals surface area contributed by atoms with Crippen LogP contribution in [-0.4, -0.2) is 37.5 Å². The van der Waals surface area contributed by atoms with Crippen LogP contribution in [0.2, 0.25) is 0 Å². The first-order valence-electron chi connectivity index (χ1n) is 8.84. The van der Waals surface area contributed by atoms with Crippen molar-refractivity contribution in [3.05, 3.63) is 47.7 Å². The van der Waals surface area contributed by atoms with E-state index in [9.17, 15) is 4.79 Å². The summed E-state index contributed by atoms with van der Waals surface area (Å²) in [6.45, 7) is 4.79. The summed E-state index contributed by atoms with van der Waals surface area (Å²) >= 11 is 0. The number of aryl methyl sites for hydroxylation is 1. The number of halogens is 1. The normalized spacial score (nSPS) is 15.0. The minimum atomic E-state index is 0. The second-order valence-corrected chi connectivity index (χ2v) is 6.51. The molecule has 0 bridgehead atoms. The molecule has 0 aliphatic carbocycles. The van der Waals surface area contributed by atoms with Gasteiger partial charge in [0.05, 0.1) is 0 Å². The Morgan fingerprint density at radius 3 is 2.44 bits per heavy atom. The monoisotopic (exact) mass is 362 g/mol. The number of piperidine rings is 1. The summed E-state index contributed by atoms with van der Waals surface area (Å²) in [4.78, 5) is 14.5. The topological polar surface area (TPSA) is 45.5 Å². The number of carbonyl (C=O) groups excluding carboxylic acids is 1. The van der Waals surface area contributed by atoms with E-state index in [4.69, 9.17) is 4.42 Å². The van der Waals surface area contributed by atoms with E-state index in [2.05, 4.69) is 36.5 Å². The second kappa shape index (κ2) is 9.07. The van der Waals surface area contributed by atoms with E-state index in [-0.39, 0.29) is 18.3 Å². The average Bonchev–Trinajstić information content (AvgIpc) is 3.12. The van der Waals surface area contributed by atoms with Gasteiger partial charge < -0.3 is 14.6 Å². The highest BCUT2D eigenvalue weighted by atomic mass is 35.5. The van der Waals surface area contributed by atoms with Gasteiger partial charge in [-0.15, -0.1) is 12.4 Å². The van der Waals surface area contributed by atoms with E-state index in [0.29, 0.717) is 11.7 Å². The van der Waals surface area contributed by atoms with Gasteiger partial charge in [0.15, 0.2) is 5.76 Å². The smallest absolute Gasteiger partial charge is 0.289 e. The first kappa shape index (κ1) is 19.5. The highest BCUT2D eigenvalue weighted by Crippen LogP contribution is 2.25. The van der Waals surface area contributed by atoms with Crippen LogP contribution in [-0.2, 0) is 6.42 Å². The molecule has 1 aromatic heterocycles. The maximum absolute atomic E-state index is 12.6. The van der Waals surface area contributed by atoms with Crippen LogP contribution in [0, 0.1) is 5.92 Å². The van der Waals surface area contributed by atoms with Crippen LogP contribution in [0.25, 0.3) is 11.3 Å². The van der Waals surface area contributed by atoms with Gasteiger partial charge in [0.25, 0.3) is 5.91 Å². The molecule has 0 saturated carbocycles. The van der Waals surface area contributed by atoms with Crippen LogP contribution in [0.15, 0.2) is 40.8 Å². The number of rotatable bonds is 5. The molecule has 2 heterocycles. The molecule has 5 heteroatoms. The molecule has 25 heavy (non-hydrogen) atoms. The highest BCUT2D eigenvalue weighted by molar-refractivity contribution is 5.92. The molecule has 1 aromatic carbocycles. The van der Waals surface area contributed by atoms with Gasteiger partial charge in [-0.1, -0.05) is 31.2 Å². The summed E-state index contributed by atoms with van der Waals surface area (Å²) in [5.74, 6) is 1.88. The number of benzene rings is 1. The lowest BCUT2D eigenvalue weighted by Gasteiger charge is -2.31. The van der Waals surface area contributed by atoms with Crippen molar-refractivity contribution in [3.8, 4) is 11.3 Å². The lowest BCUT2D eigenvalue weighted by atomic mass is 9.97. The molecule has 1 fully saturated rings. The third-order valence-corrected chi connectivity index (χ3v) is 4.86. The van der Waals surface area contributed by atoms with Crippen molar-refractivity contribution in [2.24, 2.45) is 5.92 Å². The van der Waals surface area contributed by atoms with E-state index in [1.165, 1.54) is 5.56 Å². The fraction of sp³-hybridized carbons (Fsp3) is 0.450. The van der Waals surface area contributed by atoms with Crippen molar-refractivity contribution in [1.29, 1.82) is 0 Å². The van der Waals surface area contributed by atoms with Crippen molar-refractivity contribution in [1.82, 2.24) is 10.2 Å². The number of carbonyl (C=O) groups is 1. The average molecular weight is 363 g/mol. The summed E-state index contributed by atoms with van der Waals surface area (Å²) in [7, 11) is 1.98. The van der Waals surface area contributed by atoms with Crippen LogP contribution in [0.4, 0.5) is 0 Å². The molecule has 1 N–H and O–H groups in total. The minimum Gasteiger partial charge on any atom is -0.451 e. The Hall–Kier alpha value is -1.78. The number of nitrogens with one attached hydrogen (secondary N) is 1. The summed E-state index contributed by atoms with van der Waals surface area (Å²) in [5, 5.41) is 3.22. The van der Waals surface area contributed by atoms with Crippen LogP contribution < -0.4 is 5.32 Å². The first-order valence-corrected chi connectivity index (χ1v) is 8.84. The predicted octanol–water partition coefficient (Wildman–Crippen LogP) is 4.00. The number of hydrogen-bond acceptors (Lipinski definition) is 3. The summed E-state index contributed by atoms with van der Waals surface area (Å²) in [6, 6.07) is 12.0. The zero-order valence-corrected chi connectivity index (χ0v) is 15.8. The molecule has 0 atom stereocenters. The van der Waals surface area contributed by atoms with Crippen molar-refractivity contribution >= 4 is 18.3 Å². The number of furan rings is 1. The standard InChI is InChI=1S/C20H26N2O2.ClH/c1-3-15-4-6-17(7-5-15)18-8-9-19(24-18)20(23)22-12-10-16(11-13-22)14-21-2;/h4-9,16,21H,3,10-14H2,1-2H3;1H. The van der Waals surface area contributed by atoms with Gasteiger partial charge in [-0.2, -0.15) is 0 Å². The molecule has 4 nitrogen and oxygen atoms in total. The van der Waals surface area contributed by atoms with E-state index in [1.807, 2.05) is 18.0 Å². The lowest BCUT2D eigenvalue weighted by Crippen LogP contribution is -2.40. The van der Waals surface area contributed by atoms with Crippen molar-refractivity contribution < 1.29 is 9.21 Å². The van der Waals surface area contributed by atoms with Gasteiger partial charge in [0.2, 0.25) is 0 Å². The number of nitrogens with zero attached hydrogens (tertiary/aromatic N) is 1. The van der Waals surface area contributed by atoms with Crippen molar-refractivity contribution in [3.63, 3.8) is 0 Å². The Balaban J connectivity index is 0.00000225. The van der Waals surface area contributed by atoms with Gasteiger partial charge in [-0.05, 0) is 56.5 Å². The van der Waals surface area contributed by atoms with E-state index < -0.39 is 0 Å². The number of likely N-dealkylation sites (tertiary alicyclic amines) is 1. The molecule has 1 amide bonds. The molecule has 1 aliphatic heterocycles. The minimum absolute atomic E-state index is 0. The second-order valence-electron chi connectivity index (χ2n) is 6.51. The molecule has 2 aromatic rings. The largest absolute Gasteiger partial charge is 0.451 e. The Morgan fingerprint density at radius 1 is 1.16 bits per heavy atom. The Morgan fingerprint density at radius 2 is 1.84 bits per heavy atom. The van der Waals surface area contributed by atoms with Gasteiger partial charge in [0.1, 0.15) is 5.76 Å². The van der Waals surface area contributed by atoms with Gasteiger partial charge >= 0.3 is 0 Å². The van der Waals surface area contributed by atoms with Gasteiger partial charge in [-0.3, -0.25) is 4.79 Å². The maximum Gasteiger partial charge on any atom is 0.289 e. The molecule has 1 saturated heterocycles. The Kier molecular flexibility index (Phi) is 7.09. The summed E-state index contributed by atoms with van der Waals surface area (Å²) in [5.41, 5.74) is 2.31.